The molecule has 4 aliphatic carbocycles. The highest BCUT2D eigenvalue weighted by Crippen LogP contribution is 2.60. The van der Waals surface area contributed by atoms with E-state index in [9.17, 15) is 9.18 Å². The molecule has 32 heavy (non-hydrogen) atoms. The zero-order chi connectivity index (χ0) is 21.9. The molecule has 5 fully saturated rings. The van der Waals surface area contributed by atoms with Gasteiger partial charge in [0.25, 0.3) is 0 Å². The molecule has 7 rings (SSSR count). The number of benzene rings is 1. The minimum Gasteiger partial charge on any atom is -0.343 e. The molecule has 1 aromatic heterocycles. The van der Waals surface area contributed by atoms with E-state index in [1.54, 1.807) is 12.1 Å². The van der Waals surface area contributed by atoms with Crippen molar-refractivity contribution in [2.24, 2.45) is 23.2 Å². The monoisotopic (exact) mass is 454 g/mol. The van der Waals surface area contributed by atoms with Gasteiger partial charge in [-0.05, 0) is 80.9 Å². The number of aromatic nitrogens is 2. The van der Waals surface area contributed by atoms with Gasteiger partial charge in [-0.25, -0.2) is 9.37 Å². The molecule has 5 nitrogen and oxygen atoms in total. The lowest BCUT2D eigenvalue weighted by molar-refractivity contribution is -0.160. The van der Waals surface area contributed by atoms with Crippen molar-refractivity contribution in [1.29, 1.82) is 0 Å². The molecule has 4 bridgehead atoms. The first-order valence-corrected chi connectivity index (χ1v) is 12.9. The minimum atomic E-state index is -0.226. The van der Waals surface area contributed by atoms with Crippen LogP contribution < -0.4 is 4.90 Å². The molecule has 5 aliphatic rings. The zero-order valence-electron chi connectivity index (χ0n) is 18.7. The first-order valence-electron chi connectivity index (χ1n) is 12.1. The molecule has 1 unspecified atom stereocenters. The largest absolute Gasteiger partial charge is 0.343 e. The number of rotatable bonds is 4. The molecule has 1 atom stereocenters. The summed E-state index contributed by atoms with van der Waals surface area (Å²) in [6.07, 6.45) is 8.11. The average Bonchev–Trinajstić information content (AvgIpc) is 3.22. The maximum atomic E-state index is 13.8. The minimum absolute atomic E-state index is 0.0593. The molecule has 0 N–H and O–H groups in total. The molecule has 1 aliphatic heterocycles. The number of carbonyl (C=O) groups is 1. The summed E-state index contributed by atoms with van der Waals surface area (Å²) < 4.78 is 17.7. The fraction of sp³-hybridized carbons (Fsp3) is 0.640. The quantitative estimate of drug-likeness (QED) is 0.682. The number of nitrogens with zero attached hydrogens (tertiary/aromatic N) is 4. The summed E-state index contributed by atoms with van der Waals surface area (Å²) in [5, 5.41) is 0.927. The summed E-state index contributed by atoms with van der Waals surface area (Å²) >= 11 is 1.42. The molecule has 0 radical (unpaired) electrons. The Morgan fingerprint density at radius 2 is 1.75 bits per heavy atom. The predicted molar refractivity (Wildman–Crippen MR) is 123 cm³/mol. The van der Waals surface area contributed by atoms with E-state index < -0.39 is 0 Å². The van der Waals surface area contributed by atoms with E-state index in [1.165, 1.54) is 42.9 Å². The van der Waals surface area contributed by atoms with Crippen LogP contribution in [-0.2, 0) is 11.2 Å². The lowest BCUT2D eigenvalue weighted by Crippen LogP contribution is -2.61. The van der Waals surface area contributed by atoms with Crippen molar-refractivity contribution in [3.8, 4) is 0 Å². The molecule has 2 aromatic rings. The molecular weight excluding hydrogens is 423 g/mol. The smallest absolute Gasteiger partial charge is 0.229 e. The lowest BCUT2D eigenvalue weighted by atomic mass is 9.49. The molecule has 2 heterocycles. The van der Waals surface area contributed by atoms with E-state index in [2.05, 4.69) is 21.1 Å². The average molecular weight is 455 g/mol. The van der Waals surface area contributed by atoms with Gasteiger partial charge in [-0.15, -0.1) is 0 Å². The summed E-state index contributed by atoms with van der Waals surface area (Å²) in [5.41, 5.74) is 0.950. The highest BCUT2D eigenvalue weighted by molar-refractivity contribution is 7.09. The van der Waals surface area contributed by atoms with Gasteiger partial charge < -0.3 is 9.80 Å². The summed E-state index contributed by atoms with van der Waals surface area (Å²) in [4.78, 5) is 23.0. The molecule has 0 spiro atoms. The van der Waals surface area contributed by atoms with Crippen LogP contribution in [0.4, 0.5) is 9.52 Å². The van der Waals surface area contributed by atoms with Crippen LogP contribution in [0.15, 0.2) is 24.3 Å². The van der Waals surface area contributed by atoms with Gasteiger partial charge in [0.2, 0.25) is 11.0 Å². The summed E-state index contributed by atoms with van der Waals surface area (Å²) in [6, 6.07) is 6.71. The van der Waals surface area contributed by atoms with Crippen molar-refractivity contribution in [2.75, 3.05) is 24.5 Å². The van der Waals surface area contributed by atoms with E-state index in [1.807, 2.05) is 0 Å². The van der Waals surface area contributed by atoms with Crippen molar-refractivity contribution >= 4 is 22.6 Å². The van der Waals surface area contributed by atoms with Crippen LogP contribution in [0.2, 0.25) is 0 Å². The van der Waals surface area contributed by atoms with Gasteiger partial charge in [0.05, 0.1) is 5.41 Å². The third-order valence-electron chi connectivity index (χ3n) is 8.38. The van der Waals surface area contributed by atoms with Gasteiger partial charge in [-0.3, -0.25) is 4.79 Å². The fourth-order valence-corrected chi connectivity index (χ4v) is 8.06. The van der Waals surface area contributed by atoms with Gasteiger partial charge in [0.15, 0.2) is 0 Å². The number of halogens is 1. The zero-order valence-corrected chi connectivity index (χ0v) is 19.5. The molecule has 1 saturated heterocycles. The molecule has 7 heteroatoms. The van der Waals surface area contributed by atoms with E-state index in [0.717, 1.165) is 73.2 Å². The van der Waals surface area contributed by atoms with Crippen molar-refractivity contribution < 1.29 is 9.18 Å². The van der Waals surface area contributed by atoms with Crippen LogP contribution >= 0.6 is 11.5 Å². The Hall–Kier alpha value is -2.02. The van der Waals surface area contributed by atoms with E-state index >= 15 is 0 Å². The van der Waals surface area contributed by atoms with Crippen LogP contribution in [-0.4, -0.2) is 45.8 Å². The highest BCUT2D eigenvalue weighted by atomic mass is 32.1. The number of hydrogen-bond donors (Lipinski definition) is 0. The number of carbonyl (C=O) groups excluding carboxylic acids is 1. The molecule has 1 aromatic carbocycles. The SMILES string of the molecule is CC1CN(c2nc(Cc3ccc(F)cc3)ns2)CCN1C(=O)C12CC3CC(CC(C3)C1)C2. The summed E-state index contributed by atoms with van der Waals surface area (Å²) in [6.45, 7) is 4.58. The van der Waals surface area contributed by atoms with Gasteiger partial charge in [-0.1, -0.05) is 12.1 Å². The number of piperazine rings is 1. The van der Waals surface area contributed by atoms with Gasteiger partial charge in [0.1, 0.15) is 11.6 Å². The molecule has 170 valence electrons. The highest BCUT2D eigenvalue weighted by Gasteiger charge is 2.56. The number of anilines is 1. The van der Waals surface area contributed by atoms with Crippen molar-refractivity contribution in [3.05, 3.63) is 41.5 Å². The summed E-state index contributed by atoms with van der Waals surface area (Å²) in [7, 11) is 0. The van der Waals surface area contributed by atoms with Gasteiger partial charge in [0, 0.05) is 43.6 Å². The maximum Gasteiger partial charge on any atom is 0.229 e. The normalized spacial score (nSPS) is 33.7. The Balaban J connectivity index is 1.11. The second kappa shape index (κ2) is 7.79. The Morgan fingerprint density at radius 1 is 1.09 bits per heavy atom. The van der Waals surface area contributed by atoms with Crippen LogP contribution in [0.1, 0.15) is 56.8 Å². The van der Waals surface area contributed by atoms with Crippen LogP contribution in [0.3, 0.4) is 0 Å². The summed E-state index contributed by atoms with van der Waals surface area (Å²) in [5.74, 6) is 3.37. The molecule has 1 amide bonds. The predicted octanol–water partition coefficient (Wildman–Crippen LogP) is 4.52. The maximum absolute atomic E-state index is 13.8. The lowest BCUT2D eigenvalue weighted by Gasteiger charge is -2.57. The van der Waals surface area contributed by atoms with Gasteiger partial charge in [-0.2, -0.15) is 4.37 Å². The van der Waals surface area contributed by atoms with Crippen molar-refractivity contribution in [2.45, 2.75) is 57.9 Å². The van der Waals surface area contributed by atoms with Crippen molar-refractivity contribution in [1.82, 2.24) is 14.3 Å². The Morgan fingerprint density at radius 3 is 2.38 bits per heavy atom. The Labute approximate surface area is 193 Å². The third kappa shape index (κ3) is 3.62. The standard InChI is InChI=1S/C25H31FN4OS/c1-16-15-29(24-27-22(28-32-24)11-17-2-4-21(26)5-3-17)6-7-30(16)23(31)25-12-18-8-19(13-25)10-20(9-18)14-25/h2-5,16,18-20H,6-15H2,1H3. The fourth-order valence-electron chi connectivity index (χ4n) is 7.34. The van der Waals surface area contributed by atoms with Crippen molar-refractivity contribution in [3.63, 3.8) is 0 Å². The molecule has 4 saturated carbocycles. The van der Waals surface area contributed by atoms with Gasteiger partial charge >= 0.3 is 0 Å². The van der Waals surface area contributed by atoms with E-state index in [4.69, 9.17) is 4.98 Å². The number of hydrogen-bond acceptors (Lipinski definition) is 5. The second-order valence-corrected chi connectivity index (χ2v) is 11.5. The first-order chi connectivity index (χ1) is 15.5. The second-order valence-electron chi connectivity index (χ2n) is 10.8. The molecular formula is C25H31FN4OS. The number of amides is 1. The van der Waals surface area contributed by atoms with Crippen LogP contribution in [0.5, 0.6) is 0 Å². The third-order valence-corrected chi connectivity index (χ3v) is 9.20. The van der Waals surface area contributed by atoms with E-state index in [-0.39, 0.29) is 17.3 Å². The topological polar surface area (TPSA) is 49.3 Å². The van der Waals surface area contributed by atoms with E-state index in [0.29, 0.717) is 12.3 Å². The van der Waals surface area contributed by atoms with Crippen LogP contribution in [0, 0.1) is 29.0 Å². The Bertz CT molecular complexity index is 970. The Kier molecular flexibility index (Phi) is 5.01. The first kappa shape index (κ1) is 20.6. The van der Waals surface area contributed by atoms with Crippen LogP contribution in [0.25, 0.3) is 0 Å².